The van der Waals surface area contributed by atoms with Gasteiger partial charge in [0.2, 0.25) is 0 Å². The largest absolute Gasteiger partial charge is 0.398 e. The molecule has 0 saturated heterocycles. The lowest BCUT2D eigenvalue weighted by Crippen LogP contribution is -2.31. The highest BCUT2D eigenvalue weighted by molar-refractivity contribution is 5.97. The van der Waals surface area contributed by atoms with Crippen LogP contribution in [0.3, 0.4) is 0 Å². The van der Waals surface area contributed by atoms with Gasteiger partial charge in [-0.3, -0.25) is 4.79 Å². The quantitative estimate of drug-likeness (QED) is 0.603. The van der Waals surface area contributed by atoms with E-state index in [0.717, 1.165) is 11.1 Å². The van der Waals surface area contributed by atoms with Crippen molar-refractivity contribution in [3.63, 3.8) is 0 Å². The summed E-state index contributed by atoms with van der Waals surface area (Å²) in [5, 5.41) is 2.82. The Morgan fingerprint density at radius 2 is 2.06 bits per heavy atom. The van der Waals surface area contributed by atoms with E-state index in [4.69, 9.17) is 5.73 Å². The Labute approximate surface area is 96.3 Å². The highest BCUT2D eigenvalue weighted by Gasteiger charge is 2.11. The molecule has 0 aliphatic rings. The van der Waals surface area contributed by atoms with Crippen LogP contribution in [0.4, 0.5) is 5.69 Å². The standard InChI is InChI=1S/C13H18N2O/c1-5-10(4)15-13(16)11-7-12(14)9(3)6-8(11)2/h5-7,10H,1,14H2,2-4H3,(H,15,16). The molecule has 0 radical (unpaired) electrons. The number of aryl methyl sites for hydroxylation is 2. The Kier molecular flexibility index (Phi) is 3.72. The fourth-order valence-corrected chi connectivity index (χ4v) is 1.46. The van der Waals surface area contributed by atoms with Crippen molar-refractivity contribution in [1.29, 1.82) is 0 Å². The molecular formula is C13H18N2O. The third-order valence-corrected chi connectivity index (χ3v) is 2.57. The Bertz CT molecular complexity index is 424. The third-order valence-electron chi connectivity index (χ3n) is 2.57. The maximum absolute atomic E-state index is 11.9. The fraction of sp³-hybridized carbons (Fsp3) is 0.308. The van der Waals surface area contributed by atoms with E-state index in [9.17, 15) is 4.79 Å². The molecule has 0 aromatic heterocycles. The van der Waals surface area contributed by atoms with Gasteiger partial charge >= 0.3 is 0 Å². The van der Waals surface area contributed by atoms with Crippen molar-refractivity contribution in [2.24, 2.45) is 0 Å². The van der Waals surface area contributed by atoms with Crippen molar-refractivity contribution >= 4 is 11.6 Å². The fourth-order valence-electron chi connectivity index (χ4n) is 1.46. The van der Waals surface area contributed by atoms with E-state index in [1.807, 2.05) is 26.8 Å². The molecule has 86 valence electrons. The normalized spacial score (nSPS) is 11.9. The zero-order chi connectivity index (χ0) is 12.3. The van der Waals surface area contributed by atoms with Crippen molar-refractivity contribution in [3.05, 3.63) is 41.5 Å². The first-order valence-corrected chi connectivity index (χ1v) is 5.26. The van der Waals surface area contributed by atoms with Gasteiger partial charge in [-0.1, -0.05) is 12.1 Å². The van der Waals surface area contributed by atoms with Crippen molar-refractivity contribution in [1.82, 2.24) is 5.32 Å². The van der Waals surface area contributed by atoms with Crippen LogP contribution in [0.5, 0.6) is 0 Å². The summed E-state index contributed by atoms with van der Waals surface area (Å²) in [6.07, 6.45) is 1.69. The number of hydrogen-bond donors (Lipinski definition) is 2. The number of anilines is 1. The Morgan fingerprint density at radius 1 is 1.44 bits per heavy atom. The zero-order valence-corrected chi connectivity index (χ0v) is 10.0. The van der Waals surface area contributed by atoms with Crippen LogP contribution < -0.4 is 11.1 Å². The molecule has 1 rings (SSSR count). The summed E-state index contributed by atoms with van der Waals surface area (Å²) in [6, 6.07) is 3.59. The van der Waals surface area contributed by atoms with E-state index in [1.165, 1.54) is 0 Å². The van der Waals surface area contributed by atoms with Crippen LogP contribution in [0, 0.1) is 13.8 Å². The number of benzene rings is 1. The smallest absolute Gasteiger partial charge is 0.252 e. The molecule has 0 aliphatic heterocycles. The molecule has 0 heterocycles. The SMILES string of the molecule is C=CC(C)NC(=O)c1cc(N)c(C)cc1C. The summed E-state index contributed by atoms with van der Waals surface area (Å²) < 4.78 is 0. The maximum Gasteiger partial charge on any atom is 0.252 e. The minimum absolute atomic E-state index is 0.0468. The molecule has 16 heavy (non-hydrogen) atoms. The first-order valence-electron chi connectivity index (χ1n) is 5.26. The topological polar surface area (TPSA) is 55.1 Å². The van der Waals surface area contributed by atoms with Crippen LogP contribution >= 0.6 is 0 Å². The van der Waals surface area contributed by atoms with Crippen LogP contribution in [-0.4, -0.2) is 11.9 Å². The zero-order valence-electron chi connectivity index (χ0n) is 10.0. The van der Waals surface area contributed by atoms with Crippen molar-refractivity contribution < 1.29 is 4.79 Å². The molecule has 3 nitrogen and oxygen atoms in total. The van der Waals surface area contributed by atoms with Gasteiger partial charge in [-0.15, -0.1) is 6.58 Å². The van der Waals surface area contributed by atoms with E-state index in [-0.39, 0.29) is 11.9 Å². The highest BCUT2D eigenvalue weighted by Crippen LogP contribution is 2.17. The molecule has 1 aromatic rings. The lowest BCUT2D eigenvalue weighted by Gasteiger charge is -2.12. The van der Waals surface area contributed by atoms with Gasteiger partial charge in [-0.25, -0.2) is 0 Å². The molecule has 0 bridgehead atoms. The molecule has 1 aromatic carbocycles. The molecule has 0 aliphatic carbocycles. The number of amides is 1. The van der Waals surface area contributed by atoms with Crippen LogP contribution in [0.2, 0.25) is 0 Å². The summed E-state index contributed by atoms with van der Waals surface area (Å²) in [5.74, 6) is -0.114. The van der Waals surface area contributed by atoms with Gasteiger partial charge in [0.1, 0.15) is 0 Å². The van der Waals surface area contributed by atoms with Crippen LogP contribution in [0.15, 0.2) is 24.8 Å². The lowest BCUT2D eigenvalue weighted by atomic mass is 10.0. The summed E-state index contributed by atoms with van der Waals surface area (Å²) >= 11 is 0. The van der Waals surface area contributed by atoms with Crippen molar-refractivity contribution in [2.75, 3.05) is 5.73 Å². The molecule has 0 fully saturated rings. The van der Waals surface area contributed by atoms with Crippen LogP contribution in [-0.2, 0) is 0 Å². The van der Waals surface area contributed by atoms with Gasteiger partial charge in [0.05, 0.1) is 0 Å². The van der Waals surface area contributed by atoms with Gasteiger partial charge in [-0.2, -0.15) is 0 Å². The number of nitrogens with two attached hydrogens (primary N) is 1. The van der Waals surface area contributed by atoms with E-state index in [2.05, 4.69) is 11.9 Å². The number of rotatable bonds is 3. The summed E-state index contributed by atoms with van der Waals surface area (Å²) in [4.78, 5) is 11.9. The van der Waals surface area contributed by atoms with E-state index >= 15 is 0 Å². The first-order chi connectivity index (χ1) is 7.45. The van der Waals surface area contributed by atoms with Crippen LogP contribution in [0.1, 0.15) is 28.4 Å². The van der Waals surface area contributed by atoms with Gasteiger partial charge in [-0.05, 0) is 38.0 Å². The third kappa shape index (κ3) is 2.63. The second kappa shape index (κ2) is 4.84. The van der Waals surface area contributed by atoms with Gasteiger partial charge in [0, 0.05) is 17.3 Å². The molecule has 3 N–H and O–H groups in total. The van der Waals surface area contributed by atoms with Crippen molar-refractivity contribution in [3.8, 4) is 0 Å². The van der Waals surface area contributed by atoms with E-state index < -0.39 is 0 Å². The second-order valence-corrected chi connectivity index (χ2v) is 4.02. The maximum atomic E-state index is 11.9. The highest BCUT2D eigenvalue weighted by atomic mass is 16.1. The van der Waals surface area contributed by atoms with E-state index in [0.29, 0.717) is 11.3 Å². The molecule has 3 heteroatoms. The van der Waals surface area contributed by atoms with Gasteiger partial charge < -0.3 is 11.1 Å². The Hall–Kier alpha value is -1.77. The monoisotopic (exact) mass is 218 g/mol. The predicted octanol–water partition coefficient (Wildman–Crippen LogP) is 2.19. The number of carbonyl (C=O) groups is 1. The Balaban J connectivity index is 3.00. The molecule has 1 atom stereocenters. The molecule has 0 saturated carbocycles. The van der Waals surface area contributed by atoms with Crippen LogP contribution in [0.25, 0.3) is 0 Å². The molecule has 0 spiro atoms. The molecular weight excluding hydrogens is 200 g/mol. The number of nitrogen functional groups attached to an aromatic ring is 1. The predicted molar refractivity (Wildman–Crippen MR) is 67.5 cm³/mol. The van der Waals surface area contributed by atoms with Crippen molar-refractivity contribution in [2.45, 2.75) is 26.8 Å². The van der Waals surface area contributed by atoms with Gasteiger partial charge in [0.15, 0.2) is 0 Å². The Morgan fingerprint density at radius 3 is 2.62 bits per heavy atom. The average Bonchev–Trinajstić information content (AvgIpc) is 2.23. The minimum atomic E-state index is -0.114. The lowest BCUT2D eigenvalue weighted by molar-refractivity contribution is 0.0946. The number of hydrogen-bond acceptors (Lipinski definition) is 2. The minimum Gasteiger partial charge on any atom is -0.398 e. The molecule has 1 amide bonds. The second-order valence-electron chi connectivity index (χ2n) is 4.02. The average molecular weight is 218 g/mol. The van der Waals surface area contributed by atoms with Gasteiger partial charge in [0.25, 0.3) is 5.91 Å². The summed E-state index contributed by atoms with van der Waals surface area (Å²) in [5.41, 5.74) is 8.98. The first kappa shape index (κ1) is 12.3. The molecule has 1 unspecified atom stereocenters. The summed E-state index contributed by atoms with van der Waals surface area (Å²) in [6.45, 7) is 9.32. The summed E-state index contributed by atoms with van der Waals surface area (Å²) in [7, 11) is 0. The number of nitrogens with one attached hydrogen (secondary N) is 1. The van der Waals surface area contributed by atoms with E-state index in [1.54, 1.807) is 12.1 Å². The number of carbonyl (C=O) groups excluding carboxylic acids is 1.